The Morgan fingerprint density at radius 1 is 1.12 bits per heavy atom. The second-order valence-electron chi connectivity index (χ2n) is 6.33. The summed E-state index contributed by atoms with van der Waals surface area (Å²) in [6.45, 7) is 7.37. The zero-order valence-corrected chi connectivity index (χ0v) is 15.0. The molecule has 0 aromatic heterocycles. The first kappa shape index (κ1) is 18.6. The van der Waals surface area contributed by atoms with Crippen LogP contribution < -0.4 is 10.2 Å². The molecule has 132 valence electrons. The Hall–Kier alpha value is -2.69. The second kappa shape index (κ2) is 7.92. The van der Waals surface area contributed by atoms with Crippen LogP contribution in [-0.4, -0.2) is 18.4 Å². The summed E-state index contributed by atoms with van der Waals surface area (Å²) in [6.07, 6.45) is 0. The molecular formula is C20H23FN2O2. The van der Waals surface area contributed by atoms with Gasteiger partial charge in [0.15, 0.2) is 0 Å². The van der Waals surface area contributed by atoms with Gasteiger partial charge in [0, 0.05) is 12.6 Å². The number of amides is 2. The van der Waals surface area contributed by atoms with Crippen LogP contribution in [0.5, 0.6) is 0 Å². The molecule has 0 unspecified atom stereocenters. The van der Waals surface area contributed by atoms with Crippen LogP contribution in [0.1, 0.15) is 37.8 Å². The first-order valence-electron chi connectivity index (χ1n) is 8.22. The van der Waals surface area contributed by atoms with Gasteiger partial charge in [-0.2, -0.15) is 0 Å². The Kier molecular flexibility index (Phi) is 5.91. The predicted molar refractivity (Wildman–Crippen MR) is 98.3 cm³/mol. The number of anilines is 2. The molecule has 0 aliphatic carbocycles. The van der Waals surface area contributed by atoms with E-state index in [-0.39, 0.29) is 30.1 Å². The molecule has 1 N–H and O–H groups in total. The fourth-order valence-corrected chi connectivity index (χ4v) is 2.74. The molecule has 0 heterocycles. The molecule has 25 heavy (non-hydrogen) atoms. The lowest BCUT2D eigenvalue weighted by Crippen LogP contribution is -2.37. The van der Waals surface area contributed by atoms with Crippen LogP contribution in [0.4, 0.5) is 15.8 Å². The number of benzene rings is 2. The Balaban J connectivity index is 2.26. The van der Waals surface area contributed by atoms with Gasteiger partial charge < -0.3 is 10.2 Å². The maximum Gasteiger partial charge on any atom is 0.244 e. The van der Waals surface area contributed by atoms with E-state index in [0.29, 0.717) is 5.69 Å². The van der Waals surface area contributed by atoms with Crippen molar-refractivity contribution in [3.05, 3.63) is 59.4 Å². The lowest BCUT2D eigenvalue weighted by molar-refractivity contribution is -0.120. The van der Waals surface area contributed by atoms with Crippen LogP contribution in [0.15, 0.2) is 42.5 Å². The highest BCUT2D eigenvalue weighted by atomic mass is 19.1. The van der Waals surface area contributed by atoms with Crippen molar-refractivity contribution in [2.45, 2.75) is 33.6 Å². The minimum atomic E-state index is -0.371. The van der Waals surface area contributed by atoms with Gasteiger partial charge in [-0.25, -0.2) is 4.39 Å². The third-order valence-corrected chi connectivity index (χ3v) is 3.97. The lowest BCUT2D eigenvalue weighted by atomic mass is 9.97. The van der Waals surface area contributed by atoms with Gasteiger partial charge in [0.25, 0.3) is 0 Å². The van der Waals surface area contributed by atoms with Crippen molar-refractivity contribution >= 4 is 23.2 Å². The Labute approximate surface area is 147 Å². The number of para-hydroxylation sites is 1. The van der Waals surface area contributed by atoms with Gasteiger partial charge in [0.2, 0.25) is 11.8 Å². The van der Waals surface area contributed by atoms with Gasteiger partial charge in [-0.1, -0.05) is 32.0 Å². The molecule has 2 aromatic carbocycles. The van der Waals surface area contributed by atoms with E-state index >= 15 is 0 Å². The summed E-state index contributed by atoms with van der Waals surface area (Å²) >= 11 is 0. The van der Waals surface area contributed by atoms with E-state index in [1.807, 2.05) is 25.1 Å². The number of carbonyl (C=O) groups is 2. The van der Waals surface area contributed by atoms with Crippen LogP contribution >= 0.6 is 0 Å². The third-order valence-electron chi connectivity index (χ3n) is 3.97. The molecule has 2 amide bonds. The van der Waals surface area contributed by atoms with Gasteiger partial charge in [-0.3, -0.25) is 9.59 Å². The van der Waals surface area contributed by atoms with E-state index in [4.69, 9.17) is 0 Å². The van der Waals surface area contributed by atoms with Crippen LogP contribution in [-0.2, 0) is 9.59 Å². The summed E-state index contributed by atoms with van der Waals surface area (Å²) in [7, 11) is 0. The number of rotatable bonds is 5. The van der Waals surface area contributed by atoms with E-state index in [9.17, 15) is 14.0 Å². The minimum absolute atomic E-state index is 0.0999. The number of hydrogen-bond donors (Lipinski definition) is 1. The largest absolute Gasteiger partial charge is 0.325 e. The SMILES string of the molecule is CC(=O)N(CC(=O)Nc1ccc(F)cc1)c1c(C)cccc1C(C)C. The third kappa shape index (κ3) is 4.66. The quantitative estimate of drug-likeness (QED) is 0.883. The van der Waals surface area contributed by atoms with Crippen LogP contribution in [0.3, 0.4) is 0 Å². The molecule has 0 saturated heterocycles. The Bertz CT molecular complexity index is 770. The molecule has 0 aliphatic heterocycles. The fourth-order valence-electron chi connectivity index (χ4n) is 2.74. The van der Waals surface area contributed by atoms with Crippen LogP contribution in [0, 0.1) is 12.7 Å². The minimum Gasteiger partial charge on any atom is -0.325 e. The molecule has 2 aromatic rings. The molecule has 0 aliphatic rings. The molecular weight excluding hydrogens is 319 g/mol. The van der Waals surface area contributed by atoms with Crippen molar-refractivity contribution in [2.75, 3.05) is 16.8 Å². The highest BCUT2D eigenvalue weighted by molar-refractivity contribution is 6.02. The highest BCUT2D eigenvalue weighted by Gasteiger charge is 2.21. The fraction of sp³-hybridized carbons (Fsp3) is 0.300. The number of aryl methyl sites for hydroxylation is 1. The van der Waals surface area contributed by atoms with E-state index in [1.54, 1.807) is 0 Å². The van der Waals surface area contributed by atoms with Crippen molar-refractivity contribution in [2.24, 2.45) is 0 Å². The second-order valence-corrected chi connectivity index (χ2v) is 6.33. The highest BCUT2D eigenvalue weighted by Crippen LogP contribution is 2.31. The van der Waals surface area contributed by atoms with E-state index in [1.165, 1.54) is 36.1 Å². The number of halogens is 1. The van der Waals surface area contributed by atoms with Gasteiger partial charge in [-0.05, 0) is 48.2 Å². The van der Waals surface area contributed by atoms with Crippen molar-refractivity contribution < 1.29 is 14.0 Å². The summed E-state index contributed by atoms with van der Waals surface area (Å²) < 4.78 is 13.0. The summed E-state index contributed by atoms with van der Waals surface area (Å²) in [4.78, 5) is 26.1. The van der Waals surface area contributed by atoms with Crippen LogP contribution in [0.25, 0.3) is 0 Å². The Morgan fingerprint density at radius 2 is 1.76 bits per heavy atom. The summed E-state index contributed by atoms with van der Waals surface area (Å²) in [5.74, 6) is -0.688. The summed E-state index contributed by atoms with van der Waals surface area (Å²) in [5.41, 5.74) is 3.23. The molecule has 0 fully saturated rings. The first-order valence-corrected chi connectivity index (χ1v) is 8.22. The average Bonchev–Trinajstić information content (AvgIpc) is 2.54. The molecule has 5 heteroatoms. The van der Waals surface area contributed by atoms with E-state index in [2.05, 4.69) is 19.2 Å². The predicted octanol–water partition coefficient (Wildman–Crippen LogP) is 4.25. The molecule has 0 radical (unpaired) electrons. The molecule has 2 rings (SSSR count). The lowest BCUT2D eigenvalue weighted by Gasteiger charge is -2.27. The normalized spacial score (nSPS) is 10.6. The van der Waals surface area contributed by atoms with Crippen LogP contribution in [0.2, 0.25) is 0 Å². The molecule has 0 saturated carbocycles. The molecule has 0 atom stereocenters. The van der Waals surface area contributed by atoms with E-state index in [0.717, 1.165) is 16.8 Å². The average molecular weight is 342 g/mol. The van der Waals surface area contributed by atoms with Gasteiger partial charge in [-0.15, -0.1) is 0 Å². The maximum atomic E-state index is 13.0. The van der Waals surface area contributed by atoms with Gasteiger partial charge in [0.05, 0.1) is 5.69 Å². The smallest absolute Gasteiger partial charge is 0.244 e. The first-order chi connectivity index (χ1) is 11.8. The summed E-state index contributed by atoms with van der Waals surface area (Å²) in [5, 5.41) is 2.69. The molecule has 0 bridgehead atoms. The zero-order chi connectivity index (χ0) is 18.6. The number of carbonyl (C=O) groups excluding carboxylic acids is 2. The van der Waals surface area contributed by atoms with Crippen molar-refractivity contribution in [1.29, 1.82) is 0 Å². The monoisotopic (exact) mass is 342 g/mol. The molecule has 4 nitrogen and oxygen atoms in total. The molecule has 0 spiro atoms. The number of nitrogens with zero attached hydrogens (tertiary/aromatic N) is 1. The van der Waals surface area contributed by atoms with Crippen molar-refractivity contribution in [3.63, 3.8) is 0 Å². The summed E-state index contributed by atoms with van der Waals surface area (Å²) in [6, 6.07) is 11.4. The van der Waals surface area contributed by atoms with Crippen molar-refractivity contribution in [3.8, 4) is 0 Å². The standard InChI is InChI=1S/C20H23FN2O2/c1-13(2)18-7-5-6-14(3)20(18)23(15(4)24)12-19(25)22-17-10-8-16(21)9-11-17/h5-11,13H,12H2,1-4H3,(H,22,25). The zero-order valence-electron chi connectivity index (χ0n) is 15.0. The maximum absolute atomic E-state index is 13.0. The Morgan fingerprint density at radius 3 is 2.32 bits per heavy atom. The van der Waals surface area contributed by atoms with Gasteiger partial charge in [0.1, 0.15) is 12.4 Å². The van der Waals surface area contributed by atoms with Crippen molar-refractivity contribution in [1.82, 2.24) is 0 Å². The number of hydrogen-bond acceptors (Lipinski definition) is 2. The number of nitrogens with one attached hydrogen (secondary N) is 1. The van der Waals surface area contributed by atoms with E-state index < -0.39 is 0 Å². The van der Waals surface area contributed by atoms with Gasteiger partial charge >= 0.3 is 0 Å². The topological polar surface area (TPSA) is 49.4 Å².